The molecule has 0 amide bonds. The lowest BCUT2D eigenvalue weighted by Gasteiger charge is -2.06. The lowest BCUT2D eigenvalue weighted by molar-refractivity contribution is 0.591. The Kier molecular flexibility index (Phi) is 3.25. The first-order valence-corrected chi connectivity index (χ1v) is 4.39. The van der Waals surface area contributed by atoms with Crippen LogP contribution in [0.3, 0.4) is 0 Å². The minimum atomic E-state index is -0.199. The zero-order valence-corrected chi connectivity index (χ0v) is 7.76. The number of aryl methyl sites for hydroxylation is 1. The number of hydrogen-bond acceptors (Lipinski definition) is 2. The maximum absolute atomic E-state index is 13.1. The molecule has 72 valence electrons. The van der Waals surface area contributed by atoms with Crippen molar-refractivity contribution in [3.8, 4) is 0 Å². The van der Waals surface area contributed by atoms with Crippen molar-refractivity contribution in [1.82, 2.24) is 0 Å². The second-order valence-corrected chi connectivity index (χ2v) is 3.37. The van der Waals surface area contributed by atoms with Gasteiger partial charge in [0.15, 0.2) is 0 Å². The van der Waals surface area contributed by atoms with Gasteiger partial charge in [0.1, 0.15) is 5.82 Å². The molecule has 13 heavy (non-hydrogen) atoms. The minimum absolute atomic E-state index is 0.0980. The van der Waals surface area contributed by atoms with Crippen molar-refractivity contribution in [2.45, 2.75) is 25.8 Å². The Morgan fingerprint density at radius 3 is 2.77 bits per heavy atom. The summed E-state index contributed by atoms with van der Waals surface area (Å²) in [6, 6.07) is 4.72. The Balaban J connectivity index is 2.70. The molecule has 1 aromatic carbocycles. The molecule has 2 nitrogen and oxygen atoms in total. The number of rotatable bonds is 3. The van der Waals surface area contributed by atoms with Gasteiger partial charge in [-0.2, -0.15) is 0 Å². The van der Waals surface area contributed by atoms with Gasteiger partial charge in [0.25, 0.3) is 0 Å². The molecule has 0 aromatic heterocycles. The molecule has 3 heteroatoms. The fourth-order valence-electron chi connectivity index (χ4n) is 1.17. The largest absolute Gasteiger partial charge is 0.399 e. The molecule has 1 atom stereocenters. The van der Waals surface area contributed by atoms with Crippen LogP contribution in [0, 0.1) is 5.82 Å². The highest BCUT2D eigenvalue weighted by atomic mass is 19.1. The summed E-state index contributed by atoms with van der Waals surface area (Å²) in [5.41, 5.74) is 12.4. The molecule has 1 aromatic rings. The summed E-state index contributed by atoms with van der Waals surface area (Å²) in [7, 11) is 0. The number of nitrogens with two attached hydrogens (primary N) is 2. The molecule has 0 heterocycles. The lowest BCUT2D eigenvalue weighted by Crippen LogP contribution is -2.15. The van der Waals surface area contributed by atoms with Crippen molar-refractivity contribution >= 4 is 5.69 Å². The summed E-state index contributed by atoms with van der Waals surface area (Å²) in [4.78, 5) is 0. The molecule has 0 bridgehead atoms. The summed E-state index contributed by atoms with van der Waals surface area (Å²) < 4.78 is 13.1. The van der Waals surface area contributed by atoms with E-state index in [0.717, 1.165) is 6.42 Å². The Hall–Kier alpha value is -1.09. The van der Waals surface area contributed by atoms with Crippen molar-refractivity contribution in [2.24, 2.45) is 5.73 Å². The Morgan fingerprint density at radius 2 is 2.15 bits per heavy atom. The summed E-state index contributed by atoms with van der Waals surface area (Å²) >= 11 is 0. The second-order valence-electron chi connectivity index (χ2n) is 3.37. The Bertz CT molecular complexity index is 284. The summed E-state index contributed by atoms with van der Waals surface area (Å²) in [5, 5.41) is 0. The highest BCUT2D eigenvalue weighted by molar-refractivity contribution is 5.41. The highest BCUT2D eigenvalue weighted by Gasteiger charge is 2.03. The van der Waals surface area contributed by atoms with Crippen LogP contribution in [0.25, 0.3) is 0 Å². The van der Waals surface area contributed by atoms with Gasteiger partial charge in [-0.15, -0.1) is 0 Å². The third-order valence-electron chi connectivity index (χ3n) is 1.94. The SMILES string of the molecule is C[C@@H](N)CCc1cc(N)ccc1F. The lowest BCUT2D eigenvalue weighted by atomic mass is 10.1. The van der Waals surface area contributed by atoms with Crippen molar-refractivity contribution in [1.29, 1.82) is 0 Å². The van der Waals surface area contributed by atoms with E-state index in [0.29, 0.717) is 17.7 Å². The number of hydrogen-bond donors (Lipinski definition) is 2. The number of anilines is 1. The first-order valence-electron chi connectivity index (χ1n) is 4.39. The molecule has 0 saturated heterocycles. The number of nitrogen functional groups attached to an aromatic ring is 1. The maximum Gasteiger partial charge on any atom is 0.126 e. The van der Waals surface area contributed by atoms with Crippen molar-refractivity contribution < 1.29 is 4.39 Å². The van der Waals surface area contributed by atoms with E-state index < -0.39 is 0 Å². The van der Waals surface area contributed by atoms with Gasteiger partial charge >= 0.3 is 0 Å². The quantitative estimate of drug-likeness (QED) is 0.699. The van der Waals surface area contributed by atoms with Crippen LogP contribution in [0.2, 0.25) is 0 Å². The molecule has 0 radical (unpaired) electrons. The topological polar surface area (TPSA) is 52.0 Å². The van der Waals surface area contributed by atoms with Crippen LogP contribution >= 0.6 is 0 Å². The number of benzene rings is 1. The fourth-order valence-corrected chi connectivity index (χ4v) is 1.17. The molecule has 0 aliphatic carbocycles. The summed E-state index contributed by atoms with van der Waals surface area (Å²) in [6.07, 6.45) is 1.43. The molecule has 0 saturated carbocycles. The number of halogens is 1. The molecule has 0 fully saturated rings. The molecule has 0 spiro atoms. The van der Waals surface area contributed by atoms with Crippen LogP contribution in [0.5, 0.6) is 0 Å². The van der Waals surface area contributed by atoms with E-state index in [9.17, 15) is 4.39 Å². The predicted octanol–water partition coefficient (Wildman–Crippen LogP) is 1.69. The normalized spacial score (nSPS) is 12.8. The van der Waals surface area contributed by atoms with Gasteiger partial charge in [0.05, 0.1) is 0 Å². The minimum Gasteiger partial charge on any atom is -0.399 e. The van der Waals surface area contributed by atoms with E-state index in [2.05, 4.69) is 0 Å². The van der Waals surface area contributed by atoms with E-state index in [4.69, 9.17) is 11.5 Å². The van der Waals surface area contributed by atoms with Gasteiger partial charge in [-0.05, 0) is 43.5 Å². The standard InChI is InChI=1S/C10H15FN2/c1-7(12)2-3-8-6-9(13)4-5-10(8)11/h4-7H,2-3,12-13H2,1H3/t7-/m1/s1. The van der Waals surface area contributed by atoms with Gasteiger partial charge in [0, 0.05) is 11.7 Å². The Labute approximate surface area is 77.7 Å². The van der Waals surface area contributed by atoms with Crippen LogP contribution in [-0.2, 0) is 6.42 Å². The van der Waals surface area contributed by atoms with Gasteiger partial charge in [0.2, 0.25) is 0 Å². The van der Waals surface area contributed by atoms with Crippen LogP contribution < -0.4 is 11.5 Å². The maximum atomic E-state index is 13.1. The zero-order chi connectivity index (χ0) is 9.84. The van der Waals surface area contributed by atoms with Crippen LogP contribution in [0.4, 0.5) is 10.1 Å². The molecule has 4 N–H and O–H groups in total. The monoisotopic (exact) mass is 182 g/mol. The molecule has 0 aliphatic rings. The predicted molar refractivity (Wildman–Crippen MR) is 52.8 cm³/mol. The highest BCUT2D eigenvalue weighted by Crippen LogP contribution is 2.14. The summed E-state index contributed by atoms with van der Waals surface area (Å²) in [6.45, 7) is 1.91. The molecule has 0 unspecified atom stereocenters. The van der Waals surface area contributed by atoms with Crippen molar-refractivity contribution in [2.75, 3.05) is 5.73 Å². The van der Waals surface area contributed by atoms with Gasteiger partial charge in [-0.3, -0.25) is 0 Å². The van der Waals surface area contributed by atoms with E-state index in [1.807, 2.05) is 6.92 Å². The third-order valence-corrected chi connectivity index (χ3v) is 1.94. The smallest absolute Gasteiger partial charge is 0.126 e. The van der Waals surface area contributed by atoms with Crippen LogP contribution in [0.1, 0.15) is 18.9 Å². The molecule has 0 aliphatic heterocycles. The first kappa shape index (κ1) is 9.99. The molecular weight excluding hydrogens is 167 g/mol. The van der Waals surface area contributed by atoms with Crippen molar-refractivity contribution in [3.05, 3.63) is 29.6 Å². The average molecular weight is 182 g/mol. The first-order chi connectivity index (χ1) is 6.09. The summed E-state index contributed by atoms with van der Waals surface area (Å²) in [5.74, 6) is -0.199. The fraction of sp³-hybridized carbons (Fsp3) is 0.400. The molecule has 1 rings (SSSR count). The third kappa shape index (κ3) is 3.03. The Morgan fingerprint density at radius 1 is 1.46 bits per heavy atom. The average Bonchev–Trinajstić information content (AvgIpc) is 2.06. The van der Waals surface area contributed by atoms with Crippen LogP contribution in [0.15, 0.2) is 18.2 Å². The second kappa shape index (κ2) is 4.23. The van der Waals surface area contributed by atoms with E-state index in [1.54, 1.807) is 12.1 Å². The van der Waals surface area contributed by atoms with Gasteiger partial charge in [-0.25, -0.2) is 4.39 Å². The zero-order valence-electron chi connectivity index (χ0n) is 7.76. The van der Waals surface area contributed by atoms with Crippen molar-refractivity contribution in [3.63, 3.8) is 0 Å². The van der Waals surface area contributed by atoms with E-state index >= 15 is 0 Å². The van der Waals surface area contributed by atoms with Crippen LogP contribution in [-0.4, -0.2) is 6.04 Å². The van der Waals surface area contributed by atoms with E-state index in [-0.39, 0.29) is 11.9 Å². The molecular formula is C10H15FN2. The van der Waals surface area contributed by atoms with E-state index in [1.165, 1.54) is 6.07 Å². The van der Waals surface area contributed by atoms with Gasteiger partial charge < -0.3 is 11.5 Å². The van der Waals surface area contributed by atoms with Gasteiger partial charge in [-0.1, -0.05) is 0 Å².